The number of aromatic nitrogens is 1. The largest absolute Gasteiger partial charge is 0.295 e. The molecule has 1 fully saturated rings. The molecule has 4 rings (SSSR count). The van der Waals surface area contributed by atoms with E-state index in [-0.39, 0.29) is 35.4 Å². The van der Waals surface area contributed by atoms with Crippen LogP contribution in [0.2, 0.25) is 0 Å². The van der Waals surface area contributed by atoms with Gasteiger partial charge in [0.1, 0.15) is 10.9 Å². The van der Waals surface area contributed by atoms with Gasteiger partial charge in [0, 0.05) is 25.4 Å². The van der Waals surface area contributed by atoms with Crippen LogP contribution in [0.4, 0.5) is 0 Å². The summed E-state index contributed by atoms with van der Waals surface area (Å²) in [5.41, 5.74) is 1.17. The van der Waals surface area contributed by atoms with E-state index in [0.717, 1.165) is 10.5 Å². The minimum atomic E-state index is -3.65. The first kappa shape index (κ1) is 21.8. The molecule has 1 unspecified atom stereocenters. The highest BCUT2D eigenvalue weighted by Crippen LogP contribution is 2.28. The highest BCUT2D eigenvalue weighted by Gasteiger charge is 2.44. The number of aryl methyl sites for hydroxylation is 1. The Morgan fingerprint density at radius 1 is 1.09 bits per heavy atom. The molecule has 11 heteroatoms. The van der Waals surface area contributed by atoms with Crippen molar-refractivity contribution >= 4 is 33.7 Å². The average Bonchev–Trinajstić information content (AvgIpc) is 3.02. The van der Waals surface area contributed by atoms with Crippen LogP contribution in [0.25, 0.3) is 0 Å². The topological polar surface area (TPSA) is 143 Å². The summed E-state index contributed by atoms with van der Waals surface area (Å²) in [7, 11) is -3.65. The summed E-state index contributed by atoms with van der Waals surface area (Å²) < 4.78 is 26.9. The molecule has 0 bridgehead atoms. The van der Waals surface area contributed by atoms with Crippen molar-refractivity contribution in [1.82, 2.24) is 19.9 Å². The van der Waals surface area contributed by atoms with Gasteiger partial charge in [-0.2, -0.15) is 0 Å². The minimum Gasteiger partial charge on any atom is -0.295 e. The highest BCUT2D eigenvalue weighted by atomic mass is 32.2. The summed E-state index contributed by atoms with van der Waals surface area (Å²) in [5.74, 6) is -2.21. The number of rotatable bonds is 7. The molecule has 4 amide bonds. The van der Waals surface area contributed by atoms with Gasteiger partial charge in [-0.1, -0.05) is 6.07 Å². The van der Waals surface area contributed by atoms with Crippen molar-refractivity contribution in [3.63, 3.8) is 0 Å². The maximum absolute atomic E-state index is 12.8. The predicted molar refractivity (Wildman–Crippen MR) is 111 cm³/mol. The van der Waals surface area contributed by atoms with Crippen LogP contribution in [-0.2, 0) is 26.0 Å². The van der Waals surface area contributed by atoms with Gasteiger partial charge in [0.25, 0.3) is 11.8 Å². The molecule has 32 heavy (non-hydrogen) atoms. The number of nitrogens with one attached hydrogen (secondary N) is 2. The first-order chi connectivity index (χ1) is 15.3. The number of imide groups is 2. The van der Waals surface area contributed by atoms with Crippen molar-refractivity contribution in [2.75, 3.05) is 6.54 Å². The van der Waals surface area contributed by atoms with Crippen LogP contribution >= 0.6 is 0 Å². The van der Waals surface area contributed by atoms with Crippen LogP contribution in [0, 0.1) is 0 Å². The number of fused-ring (bicyclic) bond motifs is 1. The molecule has 0 spiro atoms. The number of benzene rings is 1. The van der Waals surface area contributed by atoms with E-state index >= 15 is 0 Å². The number of carbonyl (C=O) groups excluding carboxylic acids is 4. The Labute approximate surface area is 184 Å². The van der Waals surface area contributed by atoms with Gasteiger partial charge in [0.15, 0.2) is 0 Å². The summed E-state index contributed by atoms with van der Waals surface area (Å²) in [4.78, 5) is 53.8. The van der Waals surface area contributed by atoms with Gasteiger partial charge in [0.2, 0.25) is 21.8 Å². The van der Waals surface area contributed by atoms with E-state index in [4.69, 9.17) is 0 Å². The third-order valence-electron chi connectivity index (χ3n) is 5.38. The number of hydrogen-bond acceptors (Lipinski definition) is 7. The first-order valence-electron chi connectivity index (χ1n) is 10.0. The Hall–Kier alpha value is -3.44. The molecule has 1 aromatic heterocycles. The molecular formula is C21H20N4O6S. The van der Waals surface area contributed by atoms with Gasteiger partial charge in [-0.25, -0.2) is 13.1 Å². The van der Waals surface area contributed by atoms with Crippen molar-refractivity contribution in [2.24, 2.45) is 0 Å². The monoisotopic (exact) mass is 456 g/mol. The Balaban J connectivity index is 1.40. The molecule has 1 atom stereocenters. The van der Waals surface area contributed by atoms with Crippen LogP contribution in [0.15, 0.2) is 47.6 Å². The molecule has 1 aromatic carbocycles. The van der Waals surface area contributed by atoms with Crippen molar-refractivity contribution < 1.29 is 27.6 Å². The van der Waals surface area contributed by atoms with Crippen LogP contribution in [0.5, 0.6) is 0 Å². The van der Waals surface area contributed by atoms with Crippen molar-refractivity contribution in [3.8, 4) is 0 Å². The standard InChI is InChI=1S/C21H20N4O6S/c26-18-8-7-17(19(27)24-18)25-20(28)15-6-5-13(11-16(15)21(25)29)3-1-10-23-32(30,31)14-4-2-9-22-12-14/h2,4-6,9,11-12,17,23H,1,3,7-8,10H2,(H,24,26,27). The zero-order chi connectivity index (χ0) is 22.9. The summed E-state index contributed by atoms with van der Waals surface area (Å²) in [6.07, 6.45) is 3.85. The van der Waals surface area contributed by atoms with Gasteiger partial charge >= 0.3 is 0 Å². The predicted octanol–water partition coefficient (Wildman–Crippen LogP) is 0.394. The zero-order valence-electron chi connectivity index (χ0n) is 16.9. The van der Waals surface area contributed by atoms with Crippen molar-refractivity contribution in [2.45, 2.75) is 36.6 Å². The molecule has 2 aliphatic rings. The molecule has 166 valence electrons. The molecule has 10 nitrogen and oxygen atoms in total. The van der Waals surface area contributed by atoms with E-state index in [0.29, 0.717) is 12.8 Å². The van der Waals surface area contributed by atoms with Gasteiger partial charge < -0.3 is 0 Å². The molecule has 0 saturated carbocycles. The fourth-order valence-corrected chi connectivity index (χ4v) is 4.80. The maximum Gasteiger partial charge on any atom is 0.262 e. The van der Waals surface area contributed by atoms with E-state index in [2.05, 4.69) is 15.0 Å². The fourth-order valence-electron chi connectivity index (χ4n) is 3.76. The normalized spacial score (nSPS) is 18.6. The van der Waals surface area contributed by atoms with Gasteiger partial charge in [-0.05, 0) is 49.1 Å². The lowest BCUT2D eigenvalue weighted by molar-refractivity contribution is -0.136. The van der Waals surface area contributed by atoms with Crippen LogP contribution in [-0.4, -0.2) is 54.5 Å². The van der Waals surface area contributed by atoms with Gasteiger partial charge in [-0.15, -0.1) is 0 Å². The average molecular weight is 456 g/mol. The molecule has 0 aliphatic carbocycles. The number of carbonyl (C=O) groups is 4. The molecule has 2 N–H and O–H groups in total. The third kappa shape index (κ3) is 4.16. The summed E-state index contributed by atoms with van der Waals surface area (Å²) in [5, 5.41) is 2.16. The number of amides is 4. The van der Waals surface area contributed by atoms with E-state index in [1.165, 1.54) is 30.6 Å². The SMILES string of the molecule is O=C1CCC(N2C(=O)c3ccc(CCCNS(=O)(=O)c4cccnc4)cc3C2=O)C(=O)N1. The molecule has 3 heterocycles. The second-order valence-electron chi connectivity index (χ2n) is 7.52. The minimum absolute atomic E-state index is 0.0595. The Morgan fingerprint density at radius 3 is 2.59 bits per heavy atom. The Bertz CT molecular complexity index is 1210. The lowest BCUT2D eigenvalue weighted by atomic mass is 10.0. The van der Waals surface area contributed by atoms with E-state index < -0.39 is 39.7 Å². The van der Waals surface area contributed by atoms with Crippen LogP contribution < -0.4 is 10.0 Å². The summed E-state index contributed by atoms with van der Waals surface area (Å²) in [6, 6.07) is 6.81. The molecule has 1 saturated heterocycles. The molecular weight excluding hydrogens is 436 g/mol. The van der Waals surface area contributed by atoms with E-state index in [9.17, 15) is 27.6 Å². The maximum atomic E-state index is 12.8. The van der Waals surface area contributed by atoms with E-state index in [1.54, 1.807) is 12.1 Å². The van der Waals surface area contributed by atoms with Crippen molar-refractivity contribution in [1.29, 1.82) is 0 Å². The fraction of sp³-hybridized carbons (Fsp3) is 0.286. The molecule has 2 aliphatic heterocycles. The third-order valence-corrected chi connectivity index (χ3v) is 6.83. The first-order valence-corrected chi connectivity index (χ1v) is 11.5. The lowest BCUT2D eigenvalue weighted by Crippen LogP contribution is -2.54. The second-order valence-corrected chi connectivity index (χ2v) is 9.28. The molecule has 0 radical (unpaired) electrons. The number of hydrogen-bond donors (Lipinski definition) is 2. The number of nitrogens with zero attached hydrogens (tertiary/aromatic N) is 2. The molecule has 2 aromatic rings. The van der Waals surface area contributed by atoms with Gasteiger partial charge in [0.05, 0.1) is 11.1 Å². The van der Waals surface area contributed by atoms with Crippen molar-refractivity contribution in [3.05, 3.63) is 59.4 Å². The summed E-state index contributed by atoms with van der Waals surface area (Å²) >= 11 is 0. The Kier molecular flexibility index (Phi) is 5.85. The summed E-state index contributed by atoms with van der Waals surface area (Å²) in [6.45, 7) is 0.184. The smallest absolute Gasteiger partial charge is 0.262 e. The van der Waals surface area contributed by atoms with E-state index in [1.807, 2.05) is 0 Å². The van der Waals surface area contributed by atoms with Crippen LogP contribution in [0.3, 0.4) is 0 Å². The number of pyridine rings is 1. The zero-order valence-corrected chi connectivity index (χ0v) is 17.7. The number of piperidine rings is 1. The van der Waals surface area contributed by atoms with Gasteiger partial charge in [-0.3, -0.25) is 34.4 Å². The highest BCUT2D eigenvalue weighted by molar-refractivity contribution is 7.89. The van der Waals surface area contributed by atoms with Crippen LogP contribution in [0.1, 0.15) is 45.5 Å². The lowest BCUT2D eigenvalue weighted by Gasteiger charge is -2.27. The second kappa shape index (κ2) is 8.60. The quantitative estimate of drug-likeness (QED) is 0.453. The Morgan fingerprint density at radius 2 is 1.88 bits per heavy atom. The number of sulfonamides is 1.